The number of benzene rings is 4. The Bertz CT molecular complexity index is 1220. The number of halogens is 3. The first-order valence-electron chi connectivity index (χ1n) is 10.9. The summed E-state index contributed by atoms with van der Waals surface area (Å²) < 4.78 is 48.4. The molecular formula is C28H25F3O. The fourth-order valence-electron chi connectivity index (χ4n) is 3.78. The SMILES string of the molecule is CCCCOc1ccc(-c2ccc3c(F)c(CCc4ccc(F)cc4)ccc3c2)c(F)c1. The molecule has 0 aliphatic carbocycles. The molecule has 0 heterocycles. The molecule has 0 spiro atoms. The standard InChI is InChI=1S/C28H25F3O/c1-2-3-16-32-24-13-15-25(27(30)18-24)21-10-14-26-22(17-21)9-8-20(28(26)31)7-4-19-5-11-23(29)12-6-19/h5-6,8-15,17-18H,2-4,7,16H2,1H3. The van der Waals surface area contributed by atoms with Crippen molar-refractivity contribution in [2.75, 3.05) is 6.61 Å². The lowest BCUT2D eigenvalue weighted by Gasteiger charge is -2.11. The fraction of sp³-hybridized carbons (Fsp3) is 0.214. The second kappa shape index (κ2) is 9.90. The molecule has 0 aliphatic heterocycles. The number of fused-ring (bicyclic) bond motifs is 1. The van der Waals surface area contributed by atoms with Crippen molar-refractivity contribution in [2.45, 2.75) is 32.6 Å². The van der Waals surface area contributed by atoms with Crippen molar-refractivity contribution >= 4 is 10.8 Å². The van der Waals surface area contributed by atoms with Gasteiger partial charge in [0.25, 0.3) is 0 Å². The molecule has 4 aromatic rings. The van der Waals surface area contributed by atoms with Gasteiger partial charge in [-0.15, -0.1) is 0 Å². The van der Waals surface area contributed by atoms with Gasteiger partial charge in [0.2, 0.25) is 0 Å². The minimum atomic E-state index is -0.366. The van der Waals surface area contributed by atoms with Gasteiger partial charge in [-0.1, -0.05) is 49.7 Å². The molecule has 0 radical (unpaired) electrons. The van der Waals surface area contributed by atoms with E-state index in [4.69, 9.17) is 4.74 Å². The molecule has 1 nitrogen and oxygen atoms in total. The van der Waals surface area contributed by atoms with E-state index in [1.165, 1.54) is 18.2 Å². The van der Waals surface area contributed by atoms with E-state index in [1.807, 2.05) is 6.07 Å². The summed E-state index contributed by atoms with van der Waals surface area (Å²) in [5, 5.41) is 1.22. The third-order valence-corrected chi connectivity index (χ3v) is 5.65. The fourth-order valence-corrected chi connectivity index (χ4v) is 3.78. The molecule has 32 heavy (non-hydrogen) atoms. The molecule has 4 aromatic carbocycles. The van der Waals surface area contributed by atoms with E-state index in [9.17, 15) is 8.78 Å². The summed E-state index contributed by atoms with van der Waals surface area (Å²) in [6, 6.07) is 20.0. The lowest BCUT2D eigenvalue weighted by molar-refractivity contribution is 0.308. The minimum Gasteiger partial charge on any atom is -0.493 e. The Hall–Kier alpha value is -3.27. The third-order valence-electron chi connectivity index (χ3n) is 5.65. The zero-order valence-corrected chi connectivity index (χ0v) is 18.0. The number of rotatable bonds is 8. The van der Waals surface area contributed by atoms with Crippen LogP contribution in [0, 0.1) is 17.5 Å². The molecule has 0 unspecified atom stereocenters. The monoisotopic (exact) mass is 434 g/mol. The van der Waals surface area contributed by atoms with E-state index >= 15 is 4.39 Å². The summed E-state index contributed by atoms with van der Waals surface area (Å²) in [6.45, 7) is 2.64. The smallest absolute Gasteiger partial charge is 0.134 e. The molecule has 0 aromatic heterocycles. The first kappa shape index (κ1) is 21.9. The van der Waals surface area contributed by atoms with Crippen molar-refractivity contribution in [3.63, 3.8) is 0 Å². The van der Waals surface area contributed by atoms with Gasteiger partial charge in [-0.05, 0) is 71.7 Å². The normalized spacial score (nSPS) is 11.1. The molecule has 0 fully saturated rings. The Morgan fingerprint density at radius 1 is 0.781 bits per heavy atom. The maximum atomic E-state index is 15.1. The van der Waals surface area contributed by atoms with Crippen molar-refractivity contribution in [3.05, 3.63) is 101 Å². The van der Waals surface area contributed by atoms with E-state index in [0.717, 1.165) is 18.4 Å². The van der Waals surface area contributed by atoms with Gasteiger partial charge in [-0.3, -0.25) is 0 Å². The van der Waals surface area contributed by atoms with E-state index in [2.05, 4.69) is 6.92 Å². The van der Waals surface area contributed by atoms with Gasteiger partial charge in [0, 0.05) is 17.0 Å². The molecular weight excluding hydrogens is 409 g/mol. The van der Waals surface area contributed by atoms with E-state index in [1.54, 1.807) is 48.5 Å². The molecule has 164 valence electrons. The first-order valence-corrected chi connectivity index (χ1v) is 10.9. The van der Waals surface area contributed by atoms with Crippen LogP contribution in [0.4, 0.5) is 13.2 Å². The van der Waals surface area contributed by atoms with Crippen LogP contribution in [0.1, 0.15) is 30.9 Å². The van der Waals surface area contributed by atoms with Gasteiger partial charge in [-0.25, -0.2) is 13.2 Å². The number of unbranched alkanes of at least 4 members (excludes halogenated alkanes) is 1. The maximum absolute atomic E-state index is 15.1. The molecule has 0 bridgehead atoms. The van der Waals surface area contributed by atoms with Gasteiger partial charge >= 0.3 is 0 Å². The van der Waals surface area contributed by atoms with Gasteiger partial charge in [-0.2, -0.15) is 0 Å². The second-order valence-corrected chi connectivity index (χ2v) is 7.94. The highest BCUT2D eigenvalue weighted by molar-refractivity contribution is 5.88. The highest BCUT2D eigenvalue weighted by Crippen LogP contribution is 2.31. The highest BCUT2D eigenvalue weighted by atomic mass is 19.1. The lowest BCUT2D eigenvalue weighted by atomic mass is 9.97. The van der Waals surface area contributed by atoms with Crippen molar-refractivity contribution in [1.82, 2.24) is 0 Å². The summed E-state index contributed by atoms with van der Waals surface area (Å²) in [5.41, 5.74) is 2.71. The van der Waals surface area contributed by atoms with Gasteiger partial charge < -0.3 is 4.74 Å². The quantitative estimate of drug-likeness (QED) is 0.256. The molecule has 4 rings (SSSR count). The molecule has 0 saturated carbocycles. The van der Waals surface area contributed by atoms with Crippen LogP contribution < -0.4 is 4.74 Å². The molecule has 0 saturated heterocycles. The predicted molar refractivity (Wildman–Crippen MR) is 124 cm³/mol. The Morgan fingerprint density at radius 3 is 2.34 bits per heavy atom. The van der Waals surface area contributed by atoms with Crippen molar-refractivity contribution < 1.29 is 17.9 Å². The van der Waals surface area contributed by atoms with Crippen molar-refractivity contribution in [3.8, 4) is 16.9 Å². The highest BCUT2D eigenvalue weighted by Gasteiger charge is 2.12. The Morgan fingerprint density at radius 2 is 1.59 bits per heavy atom. The van der Waals surface area contributed by atoms with Crippen molar-refractivity contribution in [2.24, 2.45) is 0 Å². The molecule has 0 atom stereocenters. The summed E-state index contributed by atoms with van der Waals surface area (Å²) in [4.78, 5) is 0. The van der Waals surface area contributed by atoms with Crippen LogP contribution in [0.3, 0.4) is 0 Å². The number of hydrogen-bond donors (Lipinski definition) is 0. The summed E-state index contributed by atoms with van der Waals surface area (Å²) >= 11 is 0. The number of aryl methyl sites for hydroxylation is 2. The van der Waals surface area contributed by atoms with Crippen LogP contribution in [0.5, 0.6) is 5.75 Å². The first-order chi connectivity index (χ1) is 15.5. The topological polar surface area (TPSA) is 9.23 Å². The van der Waals surface area contributed by atoms with Crippen LogP contribution in [0.15, 0.2) is 72.8 Å². The van der Waals surface area contributed by atoms with E-state index in [-0.39, 0.29) is 17.5 Å². The Balaban J connectivity index is 1.54. The van der Waals surface area contributed by atoms with E-state index in [0.29, 0.717) is 52.7 Å². The maximum Gasteiger partial charge on any atom is 0.134 e. The molecule has 4 heteroatoms. The Kier molecular flexibility index (Phi) is 6.79. The summed E-state index contributed by atoms with van der Waals surface area (Å²) in [5.74, 6) is -0.403. The molecule has 0 aliphatic rings. The van der Waals surface area contributed by atoms with Crippen LogP contribution in [0.25, 0.3) is 21.9 Å². The minimum absolute atomic E-state index is 0.267. The third kappa shape index (κ3) is 4.96. The van der Waals surface area contributed by atoms with Crippen LogP contribution in [0.2, 0.25) is 0 Å². The van der Waals surface area contributed by atoms with Gasteiger partial charge in [0.05, 0.1) is 6.61 Å². The number of ether oxygens (including phenoxy) is 1. The second-order valence-electron chi connectivity index (χ2n) is 7.94. The lowest BCUT2D eigenvalue weighted by Crippen LogP contribution is -1.97. The van der Waals surface area contributed by atoms with Gasteiger partial charge in [0.1, 0.15) is 23.2 Å². The Labute approximate surface area is 186 Å². The zero-order chi connectivity index (χ0) is 22.5. The molecule has 0 amide bonds. The number of hydrogen-bond acceptors (Lipinski definition) is 1. The molecule has 0 N–H and O–H groups in total. The zero-order valence-electron chi connectivity index (χ0n) is 18.0. The average Bonchev–Trinajstić information content (AvgIpc) is 2.80. The van der Waals surface area contributed by atoms with E-state index < -0.39 is 0 Å². The average molecular weight is 435 g/mol. The van der Waals surface area contributed by atoms with Crippen LogP contribution >= 0.6 is 0 Å². The van der Waals surface area contributed by atoms with Crippen LogP contribution in [-0.2, 0) is 12.8 Å². The largest absolute Gasteiger partial charge is 0.493 e. The summed E-state index contributed by atoms with van der Waals surface area (Å²) in [6.07, 6.45) is 3.08. The predicted octanol–water partition coefficient (Wildman–Crippen LogP) is 7.89. The van der Waals surface area contributed by atoms with Crippen molar-refractivity contribution in [1.29, 1.82) is 0 Å². The van der Waals surface area contributed by atoms with Gasteiger partial charge in [0.15, 0.2) is 0 Å². The van der Waals surface area contributed by atoms with Crippen LogP contribution in [-0.4, -0.2) is 6.61 Å². The summed E-state index contributed by atoms with van der Waals surface area (Å²) in [7, 11) is 0.